The van der Waals surface area contributed by atoms with Gasteiger partial charge in [0.25, 0.3) is 11.8 Å². The number of nitrogens with one attached hydrogen (secondary N) is 2. The number of thioether (sulfide) groups is 1. The summed E-state index contributed by atoms with van der Waals surface area (Å²) < 4.78 is 23.8. The Kier molecular flexibility index (Phi) is 8.32. The normalized spacial score (nSPS) is 19.9. The number of fused-ring (bicyclic) bond motifs is 1. The van der Waals surface area contributed by atoms with E-state index >= 15 is 0 Å². The lowest BCUT2D eigenvalue weighted by Gasteiger charge is -2.19. The number of hydrogen-bond donors (Lipinski definition) is 2. The molecule has 2 N–H and O–H groups in total. The largest absolute Gasteiger partial charge is 0.348 e. The first-order chi connectivity index (χ1) is 18.6. The first kappa shape index (κ1) is 28.1. The van der Waals surface area contributed by atoms with E-state index in [1.54, 1.807) is 0 Å². The van der Waals surface area contributed by atoms with Gasteiger partial charge in [0, 0.05) is 16.7 Å². The molecule has 1 aliphatic heterocycles. The molecule has 2 aromatic heterocycles. The van der Waals surface area contributed by atoms with Crippen LogP contribution in [0.25, 0.3) is 0 Å². The summed E-state index contributed by atoms with van der Waals surface area (Å²) in [6, 6.07) is 7.61. The Hall–Kier alpha value is -2.47. The third-order valence-electron chi connectivity index (χ3n) is 7.09. The Morgan fingerprint density at radius 2 is 2.00 bits per heavy atom. The van der Waals surface area contributed by atoms with Gasteiger partial charge in [-0.25, -0.2) is 18.4 Å². The summed E-state index contributed by atoms with van der Waals surface area (Å²) in [5.74, 6) is 0.235. The van der Waals surface area contributed by atoms with E-state index in [2.05, 4.69) is 27.5 Å². The summed E-state index contributed by atoms with van der Waals surface area (Å²) in [5, 5.41) is 6.75. The van der Waals surface area contributed by atoms with Gasteiger partial charge in [0.15, 0.2) is 20.7 Å². The van der Waals surface area contributed by atoms with Crippen LogP contribution in [0.2, 0.25) is 5.02 Å². The SMILES string of the molecule is Cc1ccccc1CSc1ncc(Cl)c(C(=O)Nc2sc3c(c2C(=O)NC2CCS(=O)(=O)C2)CCC(C)C3)n1. The summed E-state index contributed by atoms with van der Waals surface area (Å²) in [4.78, 5) is 36.6. The molecule has 2 atom stereocenters. The van der Waals surface area contributed by atoms with Crippen LogP contribution >= 0.6 is 34.7 Å². The Morgan fingerprint density at radius 3 is 2.74 bits per heavy atom. The Labute approximate surface area is 241 Å². The Morgan fingerprint density at radius 1 is 1.21 bits per heavy atom. The number of sulfone groups is 1. The fourth-order valence-corrected chi connectivity index (χ4v) is 9.05. The number of carbonyl (C=O) groups excluding carboxylic acids is 2. The van der Waals surface area contributed by atoms with Gasteiger partial charge >= 0.3 is 0 Å². The quantitative estimate of drug-likeness (QED) is 0.285. The molecule has 5 rings (SSSR count). The van der Waals surface area contributed by atoms with Crippen molar-refractivity contribution < 1.29 is 18.0 Å². The molecule has 206 valence electrons. The highest BCUT2D eigenvalue weighted by molar-refractivity contribution is 7.98. The molecule has 0 saturated carbocycles. The zero-order valence-corrected chi connectivity index (χ0v) is 24.8. The molecule has 1 aliphatic carbocycles. The molecule has 0 spiro atoms. The Balaban J connectivity index is 1.38. The summed E-state index contributed by atoms with van der Waals surface area (Å²) in [6.07, 6.45) is 4.29. The summed E-state index contributed by atoms with van der Waals surface area (Å²) in [7, 11) is -3.15. The third kappa shape index (κ3) is 6.48. The van der Waals surface area contributed by atoms with E-state index in [1.165, 1.54) is 29.3 Å². The molecule has 1 saturated heterocycles. The van der Waals surface area contributed by atoms with Crippen molar-refractivity contribution in [1.82, 2.24) is 15.3 Å². The van der Waals surface area contributed by atoms with Gasteiger partial charge < -0.3 is 10.6 Å². The number of benzene rings is 1. The number of hydrogen-bond acceptors (Lipinski definition) is 8. The standard InChI is InChI=1S/C27H29ClN4O4S3/c1-15-7-8-19-21(11-15)38-26(22(19)24(33)30-18-9-10-39(35,36)14-18)32-25(34)23-20(28)12-29-27(31-23)37-13-17-6-4-3-5-16(17)2/h3-6,12,15,18H,7-11,13-14H2,1-2H3,(H,30,33)(H,32,34). The van der Waals surface area contributed by atoms with Crippen molar-refractivity contribution in [3.8, 4) is 0 Å². The van der Waals surface area contributed by atoms with Crippen LogP contribution in [0.5, 0.6) is 0 Å². The van der Waals surface area contributed by atoms with E-state index in [0.29, 0.717) is 33.8 Å². The van der Waals surface area contributed by atoms with Crippen molar-refractivity contribution >= 4 is 61.4 Å². The molecule has 3 heterocycles. The molecular weight excluding hydrogens is 576 g/mol. The average Bonchev–Trinajstić information content (AvgIpc) is 3.41. The van der Waals surface area contributed by atoms with Gasteiger partial charge in [0.1, 0.15) is 5.00 Å². The van der Waals surface area contributed by atoms with E-state index in [-0.39, 0.29) is 28.1 Å². The van der Waals surface area contributed by atoms with Crippen LogP contribution in [-0.4, -0.2) is 47.7 Å². The third-order valence-corrected chi connectivity index (χ3v) is 11.2. The molecule has 8 nitrogen and oxygen atoms in total. The smallest absolute Gasteiger partial charge is 0.276 e. The van der Waals surface area contributed by atoms with Crippen molar-refractivity contribution in [3.05, 3.63) is 68.3 Å². The highest BCUT2D eigenvalue weighted by Gasteiger charge is 2.33. The summed E-state index contributed by atoms with van der Waals surface area (Å²) in [5.41, 5.74) is 3.69. The number of rotatable bonds is 7. The molecule has 3 aromatic rings. The van der Waals surface area contributed by atoms with Crippen LogP contribution in [0.1, 0.15) is 62.2 Å². The number of carbonyl (C=O) groups is 2. The van der Waals surface area contributed by atoms with E-state index in [0.717, 1.165) is 40.8 Å². The van der Waals surface area contributed by atoms with Crippen LogP contribution in [0.15, 0.2) is 35.6 Å². The Bertz CT molecular complexity index is 1540. The zero-order chi connectivity index (χ0) is 27.7. The summed E-state index contributed by atoms with van der Waals surface area (Å²) >= 11 is 9.14. The van der Waals surface area contributed by atoms with Crippen LogP contribution in [0, 0.1) is 12.8 Å². The predicted molar refractivity (Wildman–Crippen MR) is 156 cm³/mol. The number of nitrogens with zero attached hydrogens (tertiary/aromatic N) is 2. The van der Waals surface area contributed by atoms with Crippen LogP contribution < -0.4 is 10.6 Å². The molecule has 12 heteroatoms. The van der Waals surface area contributed by atoms with Gasteiger partial charge in [0.2, 0.25) is 0 Å². The molecule has 2 aliphatic rings. The van der Waals surface area contributed by atoms with Crippen LogP contribution in [-0.2, 0) is 28.4 Å². The second-order valence-electron chi connectivity index (χ2n) is 10.1. The van der Waals surface area contributed by atoms with Crippen molar-refractivity contribution in [2.75, 3.05) is 16.8 Å². The maximum Gasteiger partial charge on any atom is 0.276 e. The molecule has 2 unspecified atom stereocenters. The van der Waals surface area contributed by atoms with Gasteiger partial charge in [-0.15, -0.1) is 11.3 Å². The maximum absolute atomic E-state index is 13.4. The second kappa shape index (κ2) is 11.6. The van der Waals surface area contributed by atoms with Gasteiger partial charge in [-0.1, -0.05) is 54.6 Å². The molecule has 2 amide bonds. The number of amides is 2. The van der Waals surface area contributed by atoms with Gasteiger partial charge in [0.05, 0.1) is 28.3 Å². The number of halogens is 1. The van der Waals surface area contributed by atoms with Gasteiger partial charge in [-0.3, -0.25) is 9.59 Å². The average molecular weight is 605 g/mol. The van der Waals surface area contributed by atoms with Crippen molar-refractivity contribution in [2.24, 2.45) is 5.92 Å². The fraction of sp³-hybridized carbons (Fsp3) is 0.407. The lowest BCUT2D eigenvalue weighted by Crippen LogP contribution is -2.36. The van der Waals surface area contributed by atoms with Gasteiger partial charge in [-0.2, -0.15) is 0 Å². The van der Waals surface area contributed by atoms with Crippen molar-refractivity contribution in [2.45, 2.75) is 56.5 Å². The van der Waals surface area contributed by atoms with Crippen molar-refractivity contribution in [1.29, 1.82) is 0 Å². The van der Waals surface area contributed by atoms with E-state index in [1.807, 2.05) is 31.2 Å². The zero-order valence-electron chi connectivity index (χ0n) is 21.6. The highest BCUT2D eigenvalue weighted by Crippen LogP contribution is 2.40. The second-order valence-corrected chi connectivity index (χ2v) is 14.8. The predicted octanol–water partition coefficient (Wildman–Crippen LogP) is 5.09. The monoisotopic (exact) mass is 604 g/mol. The van der Waals surface area contributed by atoms with Crippen LogP contribution in [0.3, 0.4) is 0 Å². The number of aryl methyl sites for hydroxylation is 1. The summed E-state index contributed by atoms with van der Waals surface area (Å²) in [6.45, 7) is 4.21. The molecule has 1 aromatic carbocycles. The molecule has 1 fully saturated rings. The fourth-order valence-electron chi connectivity index (χ4n) is 4.90. The van der Waals surface area contributed by atoms with Crippen LogP contribution in [0.4, 0.5) is 5.00 Å². The minimum atomic E-state index is -3.15. The topological polar surface area (TPSA) is 118 Å². The minimum absolute atomic E-state index is 0.0342. The molecule has 0 radical (unpaired) electrons. The lowest BCUT2D eigenvalue weighted by atomic mass is 9.88. The minimum Gasteiger partial charge on any atom is -0.348 e. The first-order valence-corrected chi connectivity index (χ1v) is 16.8. The molecular formula is C27H29ClN4O4S3. The molecule has 39 heavy (non-hydrogen) atoms. The number of thiophene rings is 1. The number of aromatic nitrogens is 2. The molecule has 0 bridgehead atoms. The maximum atomic E-state index is 13.4. The van der Waals surface area contributed by atoms with E-state index in [4.69, 9.17) is 11.6 Å². The first-order valence-electron chi connectivity index (χ1n) is 12.8. The highest BCUT2D eigenvalue weighted by atomic mass is 35.5. The van der Waals surface area contributed by atoms with E-state index in [9.17, 15) is 18.0 Å². The van der Waals surface area contributed by atoms with E-state index < -0.39 is 21.8 Å². The van der Waals surface area contributed by atoms with Crippen molar-refractivity contribution in [3.63, 3.8) is 0 Å². The number of anilines is 1. The lowest BCUT2D eigenvalue weighted by molar-refractivity contribution is 0.0941. The van der Waals surface area contributed by atoms with Gasteiger partial charge in [-0.05, 0) is 55.2 Å².